The van der Waals surface area contributed by atoms with Crippen molar-refractivity contribution in [1.29, 1.82) is 0 Å². The number of carbonyl (C=O) groups is 2. The zero-order valence-corrected chi connectivity index (χ0v) is 22.8. The van der Waals surface area contributed by atoms with Crippen LogP contribution in [-0.4, -0.2) is 68.6 Å². The van der Waals surface area contributed by atoms with Crippen LogP contribution in [0.1, 0.15) is 44.6 Å². The molecule has 3 heterocycles. The molecule has 3 aliphatic rings. The number of anilines is 1. The second-order valence-corrected chi connectivity index (χ2v) is 10.5. The fourth-order valence-corrected chi connectivity index (χ4v) is 6.38. The van der Waals surface area contributed by atoms with Crippen molar-refractivity contribution in [1.82, 2.24) is 9.80 Å². The molecule has 3 aliphatic heterocycles. The van der Waals surface area contributed by atoms with Crippen molar-refractivity contribution in [3.8, 4) is 11.5 Å². The van der Waals surface area contributed by atoms with Gasteiger partial charge in [-0.25, -0.2) is 0 Å². The van der Waals surface area contributed by atoms with Crippen molar-refractivity contribution in [3.05, 3.63) is 88.5 Å². The van der Waals surface area contributed by atoms with E-state index in [1.807, 2.05) is 29.2 Å². The van der Waals surface area contributed by atoms with Crippen molar-refractivity contribution < 1.29 is 32.2 Å². The number of hydrogen-bond donors (Lipinski definition) is 0. The molecule has 2 amide bonds. The Morgan fingerprint density at radius 2 is 1.56 bits per heavy atom. The Labute approximate surface area is 236 Å². The topological polar surface area (TPSA) is 62.3 Å². The summed E-state index contributed by atoms with van der Waals surface area (Å²) in [4.78, 5) is 33.4. The summed E-state index contributed by atoms with van der Waals surface area (Å²) in [5.74, 6) is 0.271. The lowest BCUT2D eigenvalue weighted by molar-refractivity contribution is -0.137. The number of benzene rings is 3. The highest BCUT2D eigenvalue weighted by Crippen LogP contribution is 2.49. The first kappa shape index (κ1) is 27.0. The fourth-order valence-electron chi connectivity index (χ4n) is 6.38. The maximum Gasteiger partial charge on any atom is 0.416 e. The second-order valence-electron chi connectivity index (χ2n) is 10.5. The number of piperazine rings is 1. The summed E-state index contributed by atoms with van der Waals surface area (Å²) in [6.45, 7) is 1.97. The van der Waals surface area contributed by atoms with Gasteiger partial charge in [0.25, 0.3) is 5.91 Å². The number of fused-ring (bicyclic) bond motifs is 4. The molecular weight excluding hydrogens is 535 g/mol. The van der Waals surface area contributed by atoms with Crippen LogP contribution in [0.5, 0.6) is 11.5 Å². The lowest BCUT2D eigenvalue weighted by Crippen LogP contribution is -2.54. The van der Waals surface area contributed by atoms with E-state index in [0.717, 1.165) is 23.3 Å². The highest BCUT2D eigenvalue weighted by molar-refractivity contribution is 6.01. The Bertz CT molecular complexity index is 1500. The first-order chi connectivity index (χ1) is 19.7. The van der Waals surface area contributed by atoms with E-state index in [-0.39, 0.29) is 11.8 Å². The number of rotatable bonds is 4. The van der Waals surface area contributed by atoms with Crippen molar-refractivity contribution in [2.24, 2.45) is 0 Å². The van der Waals surface area contributed by atoms with Gasteiger partial charge >= 0.3 is 6.18 Å². The molecule has 6 rings (SSSR count). The molecule has 3 aromatic rings. The number of amides is 2. The Balaban J connectivity index is 1.33. The molecule has 0 N–H and O–H groups in total. The van der Waals surface area contributed by atoms with Gasteiger partial charge in [0.15, 0.2) is 11.5 Å². The lowest BCUT2D eigenvalue weighted by atomic mass is 9.75. The van der Waals surface area contributed by atoms with Crippen LogP contribution in [0, 0.1) is 0 Å². The minimum absolute atomic E-state index is 0.105. The van der Waals surface area contributed by atoms with Gasteiger partial charge in [0, 0.05) is 44.0 Å². The van der Waals surface area contributed by atoms with Crippen molar-refractivity contribution in [2.75, 3.05) is 51.8 Å². The number of carbonyl (C=O) groups excluding carboxylic acids is 2. The van der Waals surface area contributed by atoms with E-state index >= 15 is 0 Å². The van der Waals surface area contributed by atoms with E-state index in [2.05, 4.69) is 0 Å². The van der Waals surface area contributed by atoms with Crippen molar-refractivity contribution in [2.45, 2.75) is 24.6 Å². The number of alkyl halides is 3. The van der Waals surface area contributed by atoms with Gasteiger partial charge in [0.2, 0.25) is 5.91 Å². The SMILES string of the molecule is COc1cc2c(cc1OC)[C@@H]1[C@H](C(=O)N3CCN(c4cccc(C(F)(F)F)c4)CC3)c3ccccc3C(=O)N1CC2. The normalized spacial score (nSPS) is 20.2. The van der Waals surface area contributed by atoms with Crippen LogP contribution in [0.3, 0.4) is 0 Å². The zero-order chi connectivity index (χ0) is 28.9. The molecule has 0 aliphatic carbocycles. The fraction of sp³-hybridized carbons (Fsp3) is 0.355. The molecule has 1 saturated heterocycles. The Morgan fingerprint density at radius 3 is 2.27 bits per heavy atom. The van der Waals surface area contributed by atoms with Gasteiger partial charge in [-0.1, -0.05) is 24.3 Å². The predicted octanol–water partition coefficient (Wildman–Crippen LogP) is 4.91. The van der Waals surface area contributed by atoms with E-state index < -0.39 is 23.7 Å². The Morgan fingerprint density at radius 1 is 0.854 bits per heavy atom. The van der Waals surface area contributed by atoms with Crippen LogP contribution in [0.25, 0.3) is 0 Å². The quantitative estimate of drug-likeness (QED) is 0.450. The summed E-state index contributed by atoms with van der Waals surface area (Å²) in [7, 11) is 3.13. The van der Waals surface area contributed by atoms with Crippen LogP contribution >= 0.6 is 0 Å². The average molecular weight is 566 g/mol. The Kier molecular flexibility index (Phi) is 6.79. The summed E-state index contributed by atoms with van der Waals surface area (Å²) in [5.41, 5.74) is 2.86. The van der Waals surface area contributed by atoms with Gasteiger partial charge in [-0.3, -0.25) is 9.59 Å². The van der Waals surface area contributed by atoms with E-state index in [4.69, 9.17) is 9.47 Å². The summed E-state index contributed by atoms with van der Waals surface area (Å²) in [6, 6.07) is 15.8. The molecule has 7 nitrogen and oxygen atoms in total. The smallest absolute Gasteiger partial charge is 0.416 e. The van der Waals surface area contributed by atoms with Gasteiger partial charge in [-0.15, -0.1) is 0 Å². The highest BCUT2D eigenvalue weighted by atomic mass is 19.4. The minimum atomic E-state index is -4.42. The molecule has 0 unspecified atom stereocenters. The van der Waals surface area contributed by atoms with E-state index in [9.17, 15) is 22.8 Å². The zero-order valence-electron chi connectivity index (χ0n) is 22.8. The van der Waals surface area contributed by atoms with Gasteiger partial charge < -0.3 is 24.2 Å². The predicted molar refractivity (Wildman–Crippen MR) is 146 cm³/mol. The number of methoxy groups -OCH3 is 2. The van der Waals surface area contributed by atoms with Gasteiger partial charge in [-0.05, 0) is 59.5 Å². The number of halogens is 3. The van der Waals surface area contributed by atoms with Crippen LogP contribution in [-0.2, 0) is 17.4 Å². The standard InChI is InChI=1S/C31H30F3N3O4/c1-40-25-16-19-10-11-37-28(24(19)18-26(25)41-2)27(22-8-3-4-9-23(22)29(37)38)30(39)36-14-12-35(13-15-36)21-7-5-6-20(17-21)31(32,33)34/h3-9,16-18,27-28H,10-15H2,1-2H3/t27-,28-/m1/s1. The maximum absolute atomic E-state index is 14.4. The molecule has 0 spiro atoms. The molecule has 3 aromatic carbocycles. The summed E-state index contributed by atoms with van der Waals surface area (Å²) in [6.07, 6.45) is -3.80. The molecule has 0 saturated carbocycles. The number of hydrogen-bond acceptors (Lipinski definition) is 5. The van der Waals surface area contributed by atoms with Crippen LogP contribution in [0.4, 0.5) is 18.9 Å². The number of ether oxygens (including phenoxy) is 2. The van der Waals surface area contributed by atoms with E-state index in [1.165, 1.54) is 6.07 Å². The summed E-state index contributed by atoms with van der Waals surface area (Å²) in [5, 5.41) is 0. The van der Waals surface area contributed by atoms with Gasteiger partial charge in [0.05, 0.1) is 31.7 Å². The highest BCUT2D eigenvalue weighted by Gasteiger charge is 2.48. The largest absolute Gasteiger partial charge is 0.493 e. The van der Waals surface area contributed by atoms with E-state index in [1.54, 1.807) is 42.2 Å². The third-order valence-corrected chi connectivity index (χ3v) is 8.42. The average Bonchev–Trinajstić information content (AvgIpc) is 3.00. The molecule has 2 atom stereocenters. The lowest BCUT2D eigenvalue weighted by Gasteiger charge is -2.47. The minimum Gasteiger partial charge on any atom is -0.493 e. The first-order valence-electron chi connectivity index (χ1n) is 13.6. The monoisotopic (exact) mass is 565 g/mol. The molecular formula is C31H30F3N3O4. The third kappa shape index (κ3) is 4.65. The maximum atomic E-state index is 14.4. The Hall–Kier alpha value is -4.21. The second kappa shape index (κ2) is 10.3. The number of nitrogens with zero attached hydrogens (tertiary/aromatic N) is 3. The summed E-state index contributed by atoms with van der Waals surface area (Å²) < 4.78 is 50.9. The van der Waals surface area contributed by atoms with Crippen LogP contribution < -0.4 is 14.4 Å². The van der Waals surface area contributed by atoms with Gasteiger partial charge in [0.1, 0.15) is 0 Å². The van der Waals surface area contributed by atoms with E-state index in [0.29, 0.717) is 67.5 Å². The molecule has 0 bridgehead atoms. The van der Waals surface area contributed by atoms with Crippen molar-refractivity contribution >= 4 is 17.5 Å². The summed E-state index contributed by atoms with van der Waals surface area (Å²) >= 11 is 0. The van der Waals surface area contributed by atoms with Crippen LogP contribution in [0.2, 0.25) is 0 Å². The van der Waals surface area contributed by atoms with Crippen LogP contribution in [0.15, 0.2) is 60.7 Å². The third-order valence-electron chi connectivity index (χ3n) is 8.42. The molecule has 214 valence electrons. The van der Waals surface area contributed by atoms with Crippen molar-refractivity contribution in [3.63, 3.8) is 0 Å². The molecule has 41 heavy (non-hydrogen) atoms. The molecule has 0 radical (unpaired) electrons. The first-order valence-corrected chi connectivity index (χ1v) is 13.6. The molecule has 10 heteroatoms. The molecule has 0 aromatic heterocycles. The molecule has 1 fully saturated rings. The van der Waals surface area contributed by atoms with Gasteiger partial charge in [-0.2, -0.15) is 13.2 Å².